The lowest BCUT2D eigenvalue weighted by Gasteiger charge is -2.24. The number of rotatable bonds is 4. The standard InChI is InChI=1S/C20H22FNO3/c1-13(2)19(22-20(23)15-5-3-6-16(21)11-15)14-7-8-17-18(12-14)25-10-4-9-24-17/h3,5-8,11-13,19H,4,9-10H2,1-2H3,(H,22,23)/t19-/m0/s1. The van der Waals surface area contributed by atoms with Gasteiger partial charge in [-0.3, -0.25) is 4.79 Å². The van der Waals surface area contributed by atoms with Crippen molar-refractivity contribution in [1.82, 2.24) is 5.32 Å². The fraction of sp³-hybridized carbons (Fsp3) is 0.350. The maximum absolute atomic E-state index is 13.4. The fourth-order valence-electron chi connectivity index (χ4n) is 2.86. The molecule has 0 saturated heterocycles. The fourth-order valence-corrected chi connectivity index (χ4v) is 2.86. The Morgan fingerprint density at radius 1 is 1.08 bits per heavy atom. The molecule has 1 aliphatic rings. The Hall–Kier alpha value is -2.56. The monoisotopic (exact) mass is 343 g/mol. The Labute approximate surface area is 147 Å². The van der Waals surface area contributed by atoms with Crippen LogP contribution >= 0.6 is 0 Å². The summed E-state index contributed by atoms with van der Waals surface area (Å²) in [6.07, 6.45) is 0.841. The number of carbonyl (C=O) groups is 1. The highest BCUT2D eigenvalue weighted by Crippen LogP contribution is 2.34. The van der Waals surface area contributed by atoms with Gasteiger partial charge in [-0.2, -0.15) is 0 Å². The number of nitrogens with one attached hydrogen (secondary N) is 1. The molecular weight excluding hydrogens is 321 g/mol. The quantitative estimate of drug-likeness (QED) is 0.909. The van der Waals surface area contributed by atoms with E-state index < -0.39 is 5.82 Å². The molecule has 0 aliphatic carbocycles. The SMILES string of the molecule is CC(C)[C@H](NC(=O)c1cccc(F)c1)c1ccc2c(c1)OCCCO2. The van der Waals surface area contributed by atoms with Crippen LogP contribution in [0.15, 0.2) is 42.5 Å². The summed E-state index contributed by atoms with van der Waals surface area (Å²) < 4.78 is 24.8. The number of carbonyl (C=O) groups excluding carboxylic acids is 1. The number of amides is 1. The Balaban J connectivity index is 1.84. The zero-order valence-electron chi connectivity index (χ0n) is 14.4. The Morgan fingerprint density at radius 3 is 2.56 bits per heavy atom. The minimum Gasteiger partial charge on any atom is -0.490 e. The number of halogens is 1. The first-order valence-electron chi connectivity index (χ1n) is 8.50. The van der Waals surface area contributed by atoms with Crippen LogP contribution in [0.1, 0.15) is 42.2 Å². The van der Waals surface area contributed by atoms with Crippen molar-refractivity contribution in [2.75, 3.05) is 13.2 Å². The average molecular weight is 343 g/mol. The second-order valence-corrected chi connectivity index (χ2v) is 6.46. The van der Waals surface area contributed by atoms with Gasteiger partial charge in [0.05, 0.1) is 19.3 Å². The van der Waals surface area contributed by atoms with Crippen LogP contribution in [0, 0.1) is 11.7 Å². The summed E-state index contributed by atoms with van der Waals surface area (Å²) in [7, 11) is 0. The molecule has 0 spiro atoms. The third-order valence-corrected chi connectivity index (χ3v) is 4.17. The Bertz CT molecular complexity index is 760. The van der Waals surface area contributed by atoms with E-state index in [-0.39, 0.29) is 17.9 Å². The first-order valence-corrected chi connectivity index (χ1v) is 8.50. The van der Waals surface area contributed by atoms with Gasteiger partial charge in [-0.25, -0.2) is 4.39 Å². The highest BCUT2D eigenvalue weighted by atomic mass is 19.1. The van der Waals surface area contributed by atoms with Gasteiger partial charge < -0.3 is 14.8 Å². The second kappa shape index (κ2) is 7.55. The number of hydrogen-bond donors (Lipinski definition) is 1. The van der Waals surface area contributed by atoms with E-state index in [2.05, 4.69) is 5.32 Å². The summed E-state index contributed by atoms with van der Waals surface area (Å²) >= 11 is 0. The van der Waals surface area contributed by atoms with Crippen molar-refractivity contribution in [2.24, 2.45) is 5.92 Å². The first kappa shape index (κ1) is 17.3. The number of benzene rings is 2. The van der Waals surface area contributed by atoms with Crippen molar-refractivity contribution in [3.63, 3.8) is 0 Å². The predicted molar refractivity (Wildman–Crippen MR) is 93.5 cm³/mol. The minimum absolute atomic E-state index is 0.155. The molecule has 0 aromatic heterocycles. The zero-order valence-corrected chi connectivity index (χ0v) is 14.4. The molecule has 1 atom stereocenters. The van der Waals surface area contributed by atoms with Crippen molar-refractivity contribution in [3.05, 3.63) is 59.4 Å². The largest absolute Gasteiger partial charge is 0.490 e. The van der Waals surface area contributed by atoms with E-state index in [1.807, 2.05) is 32.0 Å². The molecule has 1 heterocycles. The van der Waals surface area contributed by atoms with E-state index in [9.17, 15) is 9.18 Å². The lowest BCUT2D eigenvalue weighted by Crippen LogP contribution is -2.31. The maximum Gasteiger partial charge on any atom is 0.251 e. The van der Waals surface area contributed by atoms with Gasteiger partial charge >= 0.3 is 0 Å². The van der Waals surface area contributed by atoms with Crippen LogP contribution in [0.5, 0.6) is 11.5 Å². The van der Waals surface area contributed by atoms with Crippen molar-refractivity contribution >= 4 is 5.91 Å². The Morgan fingerprint density at radius 2 is 1.84 bits per heavy atom. The lowest BCUT2D eigenvalue weighted by molar-refractivity contribution is 0.0925. The van der Waals surface area contributed by atoms with Gasteiger partial charge in [-0.05, 0) is 41.8 Å². The van der Waals surface area contributed by atoms with Crippen LogP contribution in [-0.4, -0.2) is 19.1 Å². The van der Waals surface area contributed by atoms with Crippen LogP contribution < -0.4 is 14.8 Å². The van der Waals surface area contributed by atoms with Gasteiger partial charge in [0, 0.05) is 12.0 Å². The molecule has 2 aromatic rings. The van der Waals surface area contributed by atoms with E-state index in [1.165, 1.54) is 18.2 Å². The van der Waals surface area contributed by atoms with E-state index in [4.69, 9.17) is 9.47 Å². The van der Waals surface area contributed by atoms with Crippen LogP contribution in [0.2, 0.25) is 0 Å². The summed E-state index contributed by atoms with van der Waals surface area (Å²) in [5, 5.41) is 3.00. The van der Waals surface area contributed by atoms with Crippen LogP contribution in [0.4, 0.5) is 4.39 Å². The topological polar surface area (TPSA) is 47.6 Å². The van der Waals surface area contributed by atoms with Gasteiger partial charge in [0.1, 0.15) is 5.82 Å². The minimum atomic E-state index is -0.427. The molecule has 132 valence electrons. The van der Waals surface area contributed by atoms with Crippen molar-refractivity contribution in [3.8, 4) is 11.5 Å². The highest BCUT2D eigenvalue weighted by molar-refractivity contribution is 5.94. The smallest absolute Gasteiger partial charge is 0.251 e. The molecule has 3 rings (SSSR count). The van der Waals surface area contributed by atoms with Gasteiger partial charge in [0.2, 0.25) is 0 Å². The molecule has 0 unspecified atom stereocenters. The van der Waals surface area contributed by atoms with E-state index in [0.717, 1.165) is 17.7 Å². The maximum atomic E-state index is 13.4. The van der Waals surface area contributed by atoms with Crippen LogP contribution in [-0.2, 0) is 0 Å². The molecule has 0 bridgehead atoms. The first-order chi connectivity index (χ1) is 12.0. The number of hydrogen-bond acceptors (Lipinski definition) is 3. The van der Waals surface area contributed by atoms with Gasteiger partial charge in [-0.15, -0.1) is 0 Å². The van der Waals surface area contributed by atoms with Crippen LogP contribution in [0.3, 0.4) is 0 Å². The van der Waals surface area contributed by atoms with E-state index in [0.29, 0.717) is 24.5 Å². The molecule has 5 heteroatoms. The molecule has 0 fully saturated rings. The molecular formula is C20H22FNO3. The van der Waals surface area contributed by atoms with Crippen molar-refractivity contribution in [1.29, 1.82) is 0 Å². The molecule has 1 amide bonds. The molecule has 0 saturated carbocycles. The predicted octanol–water partition coefficient (Wildman–Crippen LogP) is 4.11. The summed E-state index contributed by atoms with van der Waals surface area (Å²) in [6, 6.07) is 11.2. The average Bonchev–Trinajstić information content (AvgIpc) is 2.83. The second-order valence-electron chi connectivity index (χ2n) is 6.46. The summed E-state index contributed by atoms with van der Waals surface area (Å²) in [5.41, 5.74) is 1.24. The van der Waals surface area contributed by atoms with Gasteiger partial charge in [-0.1, -0.05) is 26.0 Å². The summed E-state index contributed by atoms with van der Waals surface area (Å²) in [4.78, 5) is 12.5. The normalized spacial score (nSPS) is 14.7. The third-order valence-electron chi connectivity index (χ3n) is 4.17. The summed E-state index contributed by atoms with van der Waals surface area (Å²) in [5.74, 6) is 0.845. The highest BCUT2D eigenvalue weighted by Gasteiger charge is 2.21. The Kier molecular flexibility index (Phi) is 5.22. The molecule has 25 heavy (non-hydrogen) atoms. The molecule has 4 nitrogen and oxygen atoms in total. The summed E-state index contributed by atoms with van der Waals surface area (Å²) in [6.45, 7) is 5.30. The van der Waals surface area contributed by atoms with E-state index >= 15 is 0 Å². The molecule has 2 aromatic carbocycles. The zero-order chi connectivity index (χ0) is 17.8. The number of ether oxygens (including phenoxy) is 2. The molecule has 0 radical (unpaired) electrons. The number of fused-ring (bicyclic) bond motifs is 1. The van der Waals surface area contributed by atoms with Crippen molar-refractivity contribution in [2.45, 2.75) is 26.3 Å². The van der Waals surface area contributed by atoms with Gasteiger partial charge in [0.15, 0.2) is 11.5 Å². The molecule has 1 aliphatic heterocycles. The van der Waals surface area contributed by atoms with Gasteiger partial charge in [0.25, 0.3) is 5.91 Å². The van der Waals surface area contributed by atoms with E-state index in [1.54, 1.807) is 6.07 Å². The van der Waals surface area contributed by atoms with Crippen molar-refractivity contribution < 1.29 is 18.7 Å². The third kappa shape index (κ3) is 4.10. The lowest BCUT2D eigenvalue weighted by atomic mass is 9.95. The van der Waals surface area contributed by atoms with Crippen LogP contribution in [0.25, 0.3) is 0 Å². The molecule has 1 N–H and O–H groups in total.